The van der Waals surface area contributed by atoms with Crippen molar-refractivity contribution < 1.29 is 24.1 Å². The van der Waals surface area contributed by atoms with Gasteiger partial charge in [0.15, 0.2) is 0 Å². The summed E-state index contributed by atoms with van der Waals surface area (Å²) in [5.41, 5.74) is 3.15. The van der Waals surface area contributed by atoms with Crippen LogP contribution in [0.15, 0.2) is 36.4 Å². The number of ether oxygens (including phenoxy) is 3. The standard InChI is InChI=1S/C24H29N3O5/c1-14(2)23(29)32-11-7-10-31-15-12-16(22(28)17(13-15)24(3,4)5)20-19(30-6)9-8-18-21(20)26-27-25-18/h8-9,12-13,28H,1,7,10-11H2,2-6H3,(H,25,26,27). The molecule has 0 unspecified atom stereocenters. The van der Waals surface area contributed by atoms with E-state index in [1.165, 1.54) is 0 Å². The molecule has 0 atom stereocenters. The molecule has 32 heavy (non-hydrogen) atoms. The highest BCUT2D eigenvalue weighted by atomic mass is 16.5. The molecule has 2 aromatic carbocycles. The van der Waals surface area contributed by atoms with Crippen LogP contribution in [0.25, 0.3) is 22.2 Å². The Bertz CT molecular complexity index is 1140. The number of carbonyl (C=O) groups is 1. The number of hydrogen-bond donors (Lipinski definition) is 2. The summed E-state index contributed by atoms with van der Waals surface area (Å²) in [5, 5.41) is 22.2. The fraction of sp³-hybridized carbons (Fsp3) is 0.375. The average molecular weight is 440 g/mol. The van der Waals surface area contributed by atoms with Crippen LogP contribution in [0.3, 0.4) is 0 Å². The molecule has 0 radical (unpaired) electrons. The van der Waals surface area contributed by atoms with E-state index in [-0.39, 0.29) is 17.8 Å². The fourth-order valence-corrected chi connectivity index (χ4v) is 3.31. The zero-order valence-corrected chi connectivity index (χ0v) is 19.1. The monoisotopic (exact) mass is 439 g/mol. The first-order chi connectivity index (χ1) is 15.1. The molecule has 0 spiro atoms. The van der Waals surface area contributed by atoms with Crippen molar-refractivity contribution in [2.75, 3.05) is 20.3 Å². The van der Waals surface area contributed by atoms with Crippen LogP contribution in [0.1, 0.15) is 39.7 Å². The smallest absolute Gasteiger partial charge is 0.333 e. The molecule has 170 valence electrons. The highest BCUT2D eigenvalue weighted by Gasteiger charge is 2.25. The molecule has 2 N–H and O–H groups in total. The van der Waals surface area contributed by atoms with E-state index in [9.17, 15) is 9.90 Å². The van der Waals surface area contributed by atoms with Crippen LogP contribution in [-0.4, -0.2) is 46.8 Å². The number of phenols is 1. The second-order valence-electron chi connectivity index (χ2n) is 8.57. The van der Waals surface area contributed by atoms with E-state index in [0.29, 0.717) is 52.3 Å². The highest BCUT2D eigenvalue weighted by Crippen LogP contribution is 2.46. The Balaban J connectivity index is 1.97. The summed E-state index contributed by atoms with van der Waals surface area (Å²) in [5.74, 6) is 0.857. The Morgan fingerprint density at radius 1 is 1.19 bits per heavy atom. The van der Waals surface area contributed by atoms with Gasteiger partial charge in [0.25, 0.3) is 0 Å². The van der Waals surface area contributed by atoms with Crippen LogP contribution in [-0.2, 0) is 14.9 Å². The van der Waals surface area contributed by atoms with Crippen LogP contribution >= 0.6 is 0 Å². The Labute approximate surface area is 187 Å². The van der Waals surface area contributed by atoms with Crippen molar-refractivity contribution in [3.8, 4) is 28.4 Å². The topological polar surface area (TPSA) is 107 Å². The lowest BCUT2D eigenvalue weighted by atomic mass is 9.84. The van der Waals surface area contributed by atoms with E-state index in [1.54, 1.807) is 32.2 Å². The van der Waals surface area contributed by atoms with E-state index in [1.807, 2.05) is 26.8 Å². The summed E-state index contributed by atoms with van der Waals surface area (Å²) in [7, 11) is 1.57. The number of H-pyrrole nitrogens is 1. The molecule has 0 aliphatic rings. The second-order valence-corrected chi connectivity index (χ2v) is 8.57. The Hall–Kier alpha value is -3.55. The predicted molar refractivity (Wildman–Crippen MR) is 122 cm³/mol. The van der Waals surface area contributed by atoms with Crippen molar-refractivity contribution in [2.24, 2.45) is 0 Å². The Morgan fingerprint density at radius 3 is 2.59 bits per heavy atom. The maximum absolute atomic E-state index is 11.5. The summed E-state index contributed by atoms with van der Waals surface area (Å²) in [6.45, 7) is 11.8. The molecule has 8 nitrogen and oxygen atoms in total. The number of esters is 1. The molecule has 1 heterocycles. The molecule has 3 aromatic rings. The molecule has 3 rings (SSSR count). The van der Waals surface area contributed by atoms with Crippen molar-refractivity contribution in [2.45, 2.75) is 39.5 Å². The van der Waals surface area contributed by atoms with Gasteiger partial charge in [-0.2, -0.15) is 15.4 Å². The number of nitrogens with one attached hydrogen (secondary N) is 1. The Kier molecular flexibility index (Phi) is 6.72. The summed E-state index contributed by atoms with van der Waals surface area (Å²) < 4.78 is 16.6. The summed E-state index contributed by atoms with van der Waals surface area (Å²) in [6, 6.07) is 7.18. The number of carbonyl (C=O) groups excluding carboxylic acids is 1. The maximum atomic E-state index is 11.5. The minimum Gasteiger partial charge on any atom is -0.507 e. The number of methoxy groups -OCH3 is 1. The van der Waals surface area contributed by atoms with Gasteiger partial charge in [0.2, 0.25) is 0 Å². The number of benzene rings is 2. The van der Waals surface area contributed by atoms with Gasteiger partial charge in [0, 0.05) is 23.1 Å². The third kappa shape index (κ3) is 4.85. The molecular formula is C24H29N3O5. The zero-order valence-electron chi connectivity index (χ0n) is 19.1. The van der Waals surface area contributed by atoms with Crippen LogP contribution in [0.4, 0.5) is 0 Å². The van der Waals surface area contributed by atoms with E-state index in [2.05, 4.69) is 22.0 Å². The van der Waals surface area contributed by atoms with E-state index < -0.39 is 5.97 Å². The molecule has 0 saturated carbocycles. The Morgan fingerprint density at radius 2 is 1.94 bits per heavy atom. The van der Waals surface area contributed by atoms with E-state index in [0.717, 1.165) is 5.56 Å². The van der Waals surface area contributed by atoms with Crippen molar-refractivity contribution >= 4 is 17.0 Å². The summed E-state index contributed by atoms with van der Waals surface area (Å²) >= 11 is 0. The summed E-state index contributed by atoms with van der Waals surface area (Å²) in [6.07, 6.45) is 0.516. The fourth-order valence-electron chi connectivity index (χ4n) is 3.31. The van der Waals surface area contributed by atoms with Gasteiger partial charge in [0.1, 0.15) is 28.3 Å². The number of nitrogens with zero attached hydrogens (tertiary/aromatic N) is 2. The first-order valence-electron chi connectivity index (χ1n) is 10.3. The molecule has 0 bridgehead atoms. The molecule has 0 aliphatic heterocycles. The first-order valence-corrected chi connectivity index (χ1v) is 10.3. The predicted octanol–water partition coefficient (Wildman–Crippen LogP) is 4.52. The maximum Gasteiger partial charge on any atom is 0.333 e. The number of aromatic hydroxyl groups is 1. The molecule has 1 aromatic heterocycles. The van der Waals surface area contributed by atoms with Crippen LogP contribution in [0.2, 0.25) is 0 Å². The van der Waals surface area contributed by atoms with Crippen LogP contribution < -0.4 is 9.47 Å². The SMILES string of the molecule is C=C(C)C(=O)OCCCOc1cc(-c2c(OC)ccc3n[nH]nc23)c(O)c(C(C)(C)C)c1. The highest BCUT2D eigenvalue weighted by molar-refractivity contribution is 5.97. The molecule has 0 aliphatic carbocycles. The quantitative estimate of drug-likeness (QED) is 0.302. The van der Waals surface area contributed by atoms with E-state index in [4.69, 9.17) is 14.2 Å². The number of rotatable bonds is 8. The van der Waals surface area contributed by atoms with Gasteiger partial charge < -0.3 is 19.3 Å². The van der Waals surface area contributed by atoms with Crippen molar-refractivity contribution in [3.63, 3.8) is 0 Å². The van der Waals surface area contributed by atoms with Crippen molar-refractivity contribution in [1.29, 1.82) is 0 Å². The third-order valence-corrected chi connectivity index (χ3v) is 4.97. The molecule has 0 fully saturated rings. The van der Waals surface area contributed by atoms with Crippen LogP contribution in [0.5, 0.6) is 17.2 Å². The number of fused-ring (bicyclic) bond motifs is 1. The number of hydrogen-bond acceptors (Lipinski definition) is 7. The van der Waals surface area contributed by atoms with Gasteiger partial charge in [-0.05, 0) is 36.6 Å². The zero-order chi connectivity index (χ0) is 23.5. The molecule has 0 amide bonds. The normalized spacial score (nSPS) is 11.4. The first kappa shape index (κ1) is 23.1. The van der Waals surface area contributed by atoms with Gasteiger partial charge in [-0.3, -0.25) is 0 Å². The number of phenolic OH excluding ortho intramolecular Hbond substituents is 1. The van der Waals surface area contributed by atoms with Crippen LogP contribution in [0, 0.1) is 0 Å². The van der Waals surface area contributed by atoms with Gasteiger partial charge in [-0.15, -0.1) is 0 Å². The van der Waals surface area contributed by atoms with Crippen molar-refractivity contribution in [1.82, 2.24) is 15.4 Å². The van der Waals surface area contributed by atoms with Crippen molar-refractivity contribution in [3.05, 3.63) is 42.0 Å². The van der Waals surface area contributed by atoms with Gasteiger partial charge in [-0.1, -0.05) is 27.4 Å². The second kappa shape index (κ2) is 9.30. The minimum absolute atomic E-state index is 0.133. The lowest BCUT2D eigenvalue weighted by Crippen LogP contribution is -2.13. The lowest BCUT2D eigenvalue weighted by molar-refractivity contribution is -0.139. The van der Waals surface area contributed by atoms with E-state index >= 15 is 0 Å². The summed E-state index contributed by atoms with van der Waals surface area (Å²) in [4.78, 5) is 11.5. The van der Waals surface area contributed by atoms with Gasteiger partial charge >= 0.3 is 5.97 Å². The molecule has 8 heteroatoms. The molecular weight excluding hydrogens is 410 g/mol. The third-order valence-electron chi connectivity index (χ3n) is 4.97. The number of aromatic amines is 1. The number of aromatic nitrogens is 3. The largest absolute Gasteiger partial charge is 0.507 e. The van der Waals surface area contributed by atoms with Gasteiger partial charge in [-0.25, -0.2) is 4.79 Å². The van der Waals surface area contributed by atoms with Gasteiger partial charge in [0.05, 0.1) is 25.9 Å². The molecule has 0 saturated heterocycles. The lowest BCUT2D eigenvalue weighted by Gasteiger charge is -2.24. The minimum atomic E-state index is -0.417. The average Bonchev–Trinajstić information content (AvgIpc) is 3.21.